The van der Waals surface area contributed by atoms with Gasteiger partial charge in [0.2, 0.25) is 0 Å². The molecule has 0 saturated heterocycles. The van der Waals surface area contributed by atoms with Gasteiger partial charge in [-0.05, 0) is 0 Å². The summed E-state index contributed by atoms with van der Waals surface area (Å²) in [7, 11) is 3.07. The Morgan fingerprint density at radius 3 is 1.95 bits per heavy atom. The van der Waals surface area contributed by atoms with Gasteiger partial charge in [-0.3, -0.25) is 0 Å². The predicted molar refractivity (Wildman–Crippen MR) is 170 cm³/mol. The first-order valence-corrected chi connectivity index (χ1v) is 15.3. The van der Waals surface area contributed by atoms with Crippen molar-refractivity contribution in [3.8, 4) is 28.1 Å². The van der Waals surface area contributed by atoms with E-state index in [1.165, 1.54) is 27.4 Å². The Hall–Kier alpha value is -4.90. The maximum atomic E-state index is 12.1. The third-order valence-electron chi connectivity index (χ3n) is 7.49. The van der Waals surface area contributed by atoms with Crippen molar-refractivity contribution in [1.29, 1.82) is 0 Å². The molecular weight excluding hydrogens is 587 g/mol. The molecule has 0 bridgehead atoms. The molecule has 1 aliphatic rings. The number of benzene rings is 5. The standard InChI is InChI=1S/C36H26N2O3Se/c1-40-26-20-18-23(19-21-26)28-22-29(24-14-16-25(17-15-24)36(39)41-2)37-35-27(28)8-7-11-32(35)38-30-9-3-5-12-33(30)42-34-13-6-4-10-31(34)38/h3-22H,1-2H3. The van der Waals surface area contributed by atoms with Gasteiger partial charge in [0, 0.05) is 0 Å². The second-order valence-corrected chi connectivity index (χ2v) is 12.2. The van der Waals surface area contributed by atoms with Gasteiger partial charge in [-0.2, -0.15) is 0 Å². The van der Waals surface area contributed by atoms with E-state index in [2.05, 4.69) is 89.8 Å². The van der Waals surface area contributed by atoms with Crippen molar-refractivity contribution < 1.29 is 14.3 Å². The van der Waals surface area contributed by atoms with Crippen molar-refractivity contribution in [2.45, 2.75) is 0 Å². The number of rotatable bonds is 5. The number of aromatic nitrogens is 1. The van der Waals surface area contributed by atoms with E-state index in [9.17, 15) is 4.79 Å². The summed E-state index contributed by atoms with van der Waals surface area (Å²) in [5.41, 5.74) is 8.66. The van der Waals surface area contributed by atoms with Gasteiger partial charge in [0.15, 0.2) is 0 Å². The molecule has 6 heteroatoms. The van der Waals surface area contributed by atoms with Crippen molar-refractivity contribution in [2.75, 3.05) is 19.1 Å². The Bertz CT molecular complexity index is 1910. The van der Waals surface area contributed by atoms with Gasteiger partial charge < -0.3 is 4.74 Å². The molecule has 0 spiro atoms. The van der Waals surface area contributed by atoms with Gasteiger partial charge in [-0.1, -0.05) is 0 Å². The maximum absolute atomic E-state index is 12.1. The molecule has 7 rings (SSSR count). The number of carbonyl (C=O) groups excluding carboxylic acids is 1. The fourth-order valence-electron chi connectivity index (χ4n) is 5.43. The summed E-state index contributed by atoms with van der Waals surface area (Å²) in [4.78, 5) is 19.8. The number of pyridine rings is 1. The molecule has 0 saturated carbocycles. The van der Waals surface area contributed by atoms with Crippen LogP contribution in [0.4, 0.5) is 17.1 Å². The summed E-state index contributed by atoms with van der Waals surface area (Å²) in [5, 5.41) is 1.05. The summed E-state index contributed by atoms with van der Waals surface area (Å²) in [5.74, 6) is 0.443. The zero-order chi connectivity index (χ0) is 28.6. The van der Waals surface area contributed by atoms with Crippen LogP contribution in [0.3, 0.4) is 0 Å². The van der Waals surface area contributed by atoms with E-state index in [4.69, 9.17) is 14.5 Å². The van der Waals surface area contributed by atoms with Gasteiger partial charge in [0.25, 0.3) is 0 Å². The average molecular weight is 614 g/mol. The first-order valence-electron chi connectivity index (χ1n) is 13.6. The number of nitrogens with zero attached hydrogens (tertiary/aromatic N) is 2. The molecular formula is C36H26N2O3Se. The minimum absolute atomic E-state index is 0.211. The summed E-state index contributed by atoms with van der Waals surface area (Å²) in [6.07, 6.45) is 0. The van der Waals surface area contributed by atoms with Crippen molar-refractivity contribution in [1.82, 2.24) is 4.98 Å². The summed E-state index contributed by atoms with van der Waals surface area (Å²) < 4.78 is 13.0. The summed E-state index contributed by atoms with van der Waals surface area (Å²) in [6.45, 7) is 0. The molecule has 6 aromatic rings. The van der Waals surface area contributed by atoms with Crippen LogP contribution in [0.25, 0.3) is 33.3 Å². The Labute approximate surface area is 250 Å². The van der Waals surface area contributed by atoms with Crippen LogP contribution in [0.15, 0.2) is 121 Å². The van der Waals surface area contributed by atoms with Crippen molar-refractivity contribution in [2.24, 2.45) is 0 Å². The van der Waals surface area contributed by atoms with Crippen LogP contribution in [0.1, 0.15) is 10.4 Å². The van der Waals surface area contributed by atoms with Crippen molar-refractivity contribution in [3.05, 3.63) is 127 Å². The van der Waals surface area contributed by atoms with Crippen LogP contribution in [-0.4, -0.2) is 40.1 Å². The van der Waals surface area contributed by atoms with Gasteiger partial charge >= 0.3 is 227 Å². The molecule has 0 aliphatic carbocycles. The fraction of sp³-hybridized carbons (Fsp3) is 0.0556. The molecule has 204 valence electrons. The summed E-state index contributed by atoms with van der Waals surface area (Å²) in [6, 6.07) is 41.4. The number of anilines is 3. The Morgan fingerprint density at radius 1 is 0.690 bits per heavy atom. The van der Waals surface area contributed by atoms with Crippen LogP contribution in [0.2, 0.25) is 0 Å². The molecule has 0 fully saturated rings. The Balaban J connectivity index is 1.49. The van der Waals surface area contributed by atoms with E-state index in [0.29, 0.717) is 5.56 Å². The second kappa shape index (κ2) is 10.8. The number of hydrogen-bond donors (Lipinski definition) is 0. The molecule has 0 amide bonds. The molecule has 0 unspecified atom stereocenters. The number of hydrogen-bond acceptors (Lipinski definition) is 5. The number of methoxy groups -OCH3 is 2. The van der Waals surface area contributed by atoms with Crippen molar-refractivity contribution in [3.63, 3.8) is 0 Å². The SMILES string of the molecule is COC(=O)c1ccc(-c2cc(-c3ccc(OC)cc3)c3cccc(N4c5ccccc5[Se]c5ccccc54)c3n2)cc1. The predicted octanol–water partition coefficient (Wildman–Crippen LogP) is 6.80. The van der Waals surface area contributed by atoms with Crippen molar-refractivity contribution >= 4 is 57.8 Å². The second-order valence-electron chi connectivity index (χ2n) is 9.90. The average Bonchev–Trinajstić information content (AvgIpc) is 3.06. The number of ether oxygens (including phenoxy) is 2. The van der Waals surface area contributed by atoms with Crippen LogP contribution in [0.5, 0.6) is 5.75 Å². The molecule has 1 aromatic heterocycles. The Morgan fingerprint density at radius 2 is 1.31 bits per heavy atom. The molecule has 5 aromatic carbocycles. The number of fused-ring (bicyclic) bond motifs is 3. The molecule has 42 heavy (non-hydrogen) atoms. The third kappa shape index (κ3) is 4.51. The zero-order valence-electron chi connectivity index (χ0n) is 23.1. The Kier molecular flexibility index (Phi) is 6.71. The number of para-hydroxylation sites is 3. The number of esters is 1. The van der Waals surface area contributed by atoms with E-state index >= 15 is 0 Å². The van der Waals surface area contributed by atoms with Gasteiger partial charge in [0.05, 0.1) is 14.2 Å². The minimum atomic E-state index is -0.363. The van der Waals surface area contributed by atoms with Crippen LogP contribution in [-0.2, 0) is 4.74 Å². The third-order valence-corrected chi connectivity index (χ3v) is 9.87. The van der Waals surface area contributed by atoms with E-state index in [1.54, 1.807) is 19.2 Å². The topological polar surface area (TPSA) is 51.7 Å². The van der Waals surface area contributed by atoms with E-state index in [1.807, 2.05) is 24.3 Å². The van der Waals surface area contributed by atoms with Crippen LogP contribution in [0, 0.1) is 0 Å². The van der Waals surface area contributed by atoms with E-state index in [0.717, 1.165) is 44.7 Å². The molecule has 2 heterocycles. The van der Waals surface area contributed by atoms with E-state index < -0.39 is 0 Å². The normalized spacial score (nSPS) is 12.0. The van der Waals surface area contributed by atoms with Gasteiger partial charge in [-0.25, -0.2) is 4.79 Å². The summed E-state index contributed by atoms with van der Waals surface area (Å²) >= 11 is 0.211. The monoisotopic (exact) mass is 614 g/mol. The van der Waals surface area contributed by atoms with Gasteiger partial charge in [-0.15, -0.1) is 0 Å². The molecule has 5 nitrogen and oxygen atoms in total. The molecule has 0 radical (unpaired) electrons. The molecule has 0 atom stereocenters. The van der Waals surface area contributed by atoms with Gasteiger partial charge in [0.1, 0.15) is 0 Å². The fourth-order valence-corrected chi connectivity index (χ4v) is 7.65. The molecule has 1 aliphatic heterocycles. The zero-order valence-corrected chi connectivity index (χ0v) is 24.8. The van der Waals surface area contributed by atoms with E-state index in [-0.39, 0.29) is 20.9 Å². The quantitative estimate of drug-likeness (QED) is 0.158. The number of carbonyl (C=O) groups is 1. The van der Waals surface area contributed by atoms with Crippen LogP contribution >= 0.6 is 0 Å². The first-order chi connectivity index (χ1) is 20.6. The first kappa shape index (κ1) is 26.0. The van der Waals surface area contributed by atoms with Crippen LogP contribution < -0.4 is 18.6 Å². The molecule has 0 N–H and O–H groups in total.